The fraction of sp³-hybridized carbons (Fsp3) is 0.462. The highest BCUT2D eigenvalue weighted by molar-refractivity contribution is 7.89. The Labute approximate surface area is 114 Å². The third kappa shape index (κ3) is 3.78. The van der Waals surface area contributed by atoms with E-state index in [1.807, 2.05) is 13.8 Å². The number of sulfonamides is 1. The second-order valence-electron chi connectivity index (χ2n) is 4.48. The molecule has 1 aromatic carbocycles. The minimum absolute atomic E-state index is 0.0555. The fourth-order valence-electron chi connectivity index (χ4n) is 1.57. The van der Waals surface area contributed by atoms with E-state index in [1.165, 1.54) is 23.4 Å². The van der Waals surface area contributed by atoms with Crippen LogP contribution in [-0.4, -0.2) is 31.7 Å². The average Bonchev–Trinajstić information content (AvgIpc) is 2.36. The molecule has 1 rings (SSSR count). The van der Waals surface area contributed by atoms with Crippen LogP contribution in [0.25, 0.3) is 0 Å². The predicted octanol–water partition coefficient (Wildman–Crippen LogP) is 2.06. The van der Waals surface area contributed by atoms with Gasteiger partial charge >= 0.3 is 0 Å². The molecule has 1 aromatic rings. The summed E-state index contributed by atoms with van der Waals surface area (Å²) in [5.41, 5.74) is 0.581. The second kappa shape index (κ2) is 6.16. The van der Waals surface area contributed by atoms with Crippen molar-refractivity contribution in [2.45, 2.75) is 38.1 Å². The van der Waals surface area contributed by atoms with Gasteiger partial charge in [0, 0.05) is 25.7 Å². The summed E-state index contributed by atoms with van der Waals surface area (Å²) in [6.07, 6.45) is 0.750. The number of nitrogens with one attached hydrogen (secondary N) is 1. The molecule has 0 saturated carbocycles. The summed E-state index contributed by atoms with van der Waals surface area (Å²) < 4.78 is 26.0. The lowest BCUT2D eigenvalue weighted by atomic mass is 10.3. The smallest absolute Gasteiger partial charge is 0.243 e. The van der Waals surface area contributed by atoms with Crippen molar-refractivity contribution in [3.05, 3.63) is 24.3 Å². The highest BCUT2D eigenvalue weighted by atomic mass is 32.2. The van der Waals surface area contributed by atoms with Crippen molar-refractivity contribution in [1.29, 1.82) is 0 Å². The first-order chi connectivity index (χ1) is 8.78. The molecule has 0 aliphatic rings. The molecule has 1 amide bonds. The molecule has 6 heteroatoms. The van der Waals surface area contributed by atoms with Crippen LogP contribution in [0.2, 0.25) is 0 Å². The third-order valence-electron chi connectivity index (χ3n) is 3.06. The molecule has 0 aromatic heterocycles. The van der Waals surface area contributed by atoms with Crippen molar-refractivity contribution in [3.63, 3.8) is 0 Å². The van der Waals surface area contributed by atoms with E-state index in [9.17, 15) is 13.2 Å². The summed E-state index contributed by atoms with van der Waals surface area (Å²) in [5, 5.41) is 2.60. The minimum Gasteiger partial charge on any atom is -0.326 e. The van der Waals surface area contributed by atoms with Crippen LogP contribution in [0.5, 0.6) is 0 Å². The standard InChI is InChI=1S/C13H20N2O3S/c1-5-10(2)15(4)19(17,18)13-8-6-12(7-9-13)14-11(3)16/h6-10H,5H2,1-4H3,(H,14,16). The number of amides is 1. The molecule has 0 aliphatic heterocycles. The Kier molecular flexibility index (Phi) is 5.08. The number of hydrogen-bond acceptors (Lipinski definition) is 3. The number of benzene rings is 1. The van der Waals surface area contributed by atoms with Crippen LogP contribution in [-0.2, 0) is 14.8 Å². The Hall–Kier alpha value is -1.40. The zero-order valence-electron chi connectivity index (χ0n) is 11.7. The molecule has 0 heterocycles. The first-order valence-electron chi connectivity index (χ1n) is 6.14. The fourth-order valence-corrected chi connectivity index (χ4v) is 3.01. The van der Waals surface area contributed by atoms with Crippen LogP contribution in [0.15, 0.2) is 29.2 Å². The SMILES string of the molecule is CCC(C)N(C)S(=O)(=O)c1ccc(NC(C)=O)cc1. The van der Waals surface area contributed by atoms with E-state index in [-0.39, 0.29) is 16.8 Å². The van der Waals surface area contributed by atoms with Crippen LogP contribution in [0.3, 0.4) is 0 Å². The van der Waals surface area contributed by atoms with E-state index < -0.39 is 10.0 Å². The Balaban J connectivity index is 3.00. The molecule has 0 fully saturated rings. The van der Waals surface area contributed by atoms with Gasteiger partial charge in [0.15, 0.2) is 0 Å². The van der Waals surface area contributed by atoms with Crippen LogP contribution in [0.1, 0.15) is 27.2 Å². The van der Waals surface area contributed by atoms with Gasteiger partial charge in [0.2, 0.25) is 15.9 Å². The molecule has 1 unspecified atom stereocenters. The first-order valence-corrected chi connectivity index (χ1v) is 7.58. The summed E-state index contributed by atoms with van der Waals surface area (Å²) in [4.78, 5) is 11.1. The molecule has 0 radical (unpaired) electrons. The largest absolute Gasteiger partial charge is 0.326 e. The van der Waals surface area contributed by atoms with Crippen LogP contribution in [0, 0.1) is 0 Å². The van der Waals surface area contributed by atoms with Gasteiger partial charge in [-0.2, -0.15) is 4.31 Å². The van der Waals surface area contributed by atoms with E-state index in [1.54, 1.807) is 19.2 Å². The van der Waals surface area contributed by atoms with E-state index in [0.29, 0.717) is 5.69 Å². The van der Waals surface area contributed by atoms with Gasteiger partial charge in [-0.1, -0.05) is 6.92 Å². The van der Waals surface area contributed by atoms with Crippen LogP contribution < -0.4 is 5.32 Å². The number of rotatable bonds is 5. The number of carbonyl (C=O) groups excluding carboxylic acids is 1. The van der Waals surface area contributed by atoms with Gasteiger partial charge in [0.1, 0.15) is 0 Å². The number of hydrogen-bond donors (Lipinski definition) is 1. The third-order valence-corrected chi connectivity index (χ3v) is 5.05. The normalized spacial score (nSPS) is 13.3. The number of nitrogens with zero attached hydrogens (tertiary/aromatic N) is 1. The summed E-state index contributed by atoms with van der Waals surface area (Å²) in [5.74, 6) is -0.188. The summed E-state index contributed by atoms with van der Waals surface area (Å²) in [6, 6.07) is 6.11. The number of carbonyl (C=O) groups is 1. The lowest BCUT2D eigenvalue weighted by molar-refractivity contribution is -0.114. The van der Waals surface area contributed by atoms with Gasteiger partial charge in [-0.25, -0.2) is 8.42 Å². The zero-order chi connectivity index (χ0) is 14.6. The molecule has 5 nitrogen and oxygen atoms in total. The summed E-state index contributed by atoms with van der Waals surface area (Å²) in [7, 11) is -1.90. The Morgan fingerprint density at radius 1 is 1.32 bits per heavy atom. The summed E-state index contributed by atoms with van der Waals surface area (Å²) >= 11 is 0. The van der Waals surface area contributed by atoms with Crippen LogP contribution in [0.4, 0.5) is 5.69 Å². The lowest BCUT2D eigenvalue weighted by Gasteiger charge is -2.23. The second-order valence-corrected chi connectivity index (χ2v) is 6.48. The van der Waals surface area contributed by atoms with E-state index in [4.69, 9.17) is 0 Å². The molecule has 0 bridgehead atoms. The molecule has 19 heavy (non-hydrogen) atoms. The molecule has 0 aliphatic carbocycles. The Morgan fingerprint density at radius 2 is 1.84 bits per heavy atom. The molecule has 0 saturated heterocycles. The molecule has 106 valence electrons. The van der Waals surface area contributed by atoms with E-state index in [2.05, 4.69) is 5.32 Å². The molecular formula is C13H20N2O3S. The van der Waals surface area contributed by atoms with E-state index >= 15 is 0 Å². The lowest BCUT2D eigenvalue weighted by Crippen LogP contribution is -2.34. The van der Waals surface area contributed by atoms with Gasteiger partial charge < -0.3 is 5.32 Å². The van der Waals surface area contributed by atoms with Gasteiger partial charge in [-0.15, -0.1) is 0 Å². The Bertz CT molecular complexity index is 538. The Morgan fingerprint density at radius 3 is 2.26 bits per heavy atom. The zero-order valence-corrected chi connectivity index (χ0v) is 12.5. The van der Waals surface area contributed by atoms with Gasteiger partial charge in [-0.05, 0) is 37.6 Å². The molecule has 1 atom stereocenters. The van der Waals surface area contributed by atoms with Crippen molar-refractivity contribution in [2.24, 2.45) is 0 Å². The first kappa shape index (κ1) is 15.7. The summed E-state index contributed by atoms with van der Waals surface area (Å²) in [6.45, 7) is 5.21. The quantitative estimate of drug-likeness (QED) is 0.900. The molecular weight excluding hydrogens is 264 g/mol. The highest BCUT2D eigenvalue weighted by Crippen LogP contribution is 2.19. The molecule has 1 N–H and O–H groups in total. The minimum atomic E-state index is -3.47. The average molecular weight is 284 g/mol. The maximum atomic E-state index is 12.3. The maximum absolute atomic E-state index is 12.3. The molecule has 0 spiro atoms. The van der Waals surface area contributed by atoms with Crippen molar-refractivity contribution in [2.75, 3.05) is 12.4 Å². The number of anilines is 1. The van der Waals surface area contributed by atoms with Gasteiger partial charge in [0.05, 0.1) is 4.90 Å². The highest BCUT2D eigenvalue weighted by Gasteiger charge is 2.24. The van der Waals surface area contributed by atoms with Crippen LogP contribution >= 0.6 is 0 Å². The van der Waals surface area contributed by atoms with Crippen molar-refractivity contribution in [3.8, 4) is 0 Å². The van der Waals surface area contributed by atoms with Crippen molar-refractivity contribution >= 4 is 21.6 Å². The topological polar surface area (TPSA) is 66.5 Å². The predicted molar refractivity (Wildman–Crippen MR) is 75.4 cm³/mol. The van der Waals surface area contributed by atoms with E-state index in [0.717, 1.165) is 6.42 Å². The van der Waals surface area contributed by atoms with Gasteiger partial charge in [-0.3, -0.25) is 4.79 Å². The van der Waals surface area contributed by atoms with Crippen molar-refractivity contribution in [1.82, 2.24) is 4.31 Å². The van der Waals surface area contributed by atoms with Crippen molar-refractivity contribution < 1.29 is 13.2 Å². The monoisotopic (exact) mass is 284 g/mol. The van der Waals surface area contributed by atoms with Gasteiger partial charge in [0.25, 0.3) is 0 Å². The maximum Gasteiger partial charge on any atom is 0.243 e.